The third-order valence-electron chi connectivity index (χ3n) is 3.29. The van der Waals surface area contributed by atoms with Gasteiger partial charge in [-0.2, -0.15) is 0 Å². The summed E-state index contributed by atoms with van der Waals surface area (Å²) in [5.41, 5.74) is 0.369. The standard InChI is InChI=1S/C14H16Cl2N2O4S2/c15-9-1-2-11(16)12(5-9)18-13(19)6-17-14(20)7-23-10-3-4-24(21,22)8-10/h1-2,5,10H,3-4,6-8H2,(H,17,20)(H,18,19)/t10-/m0/s1. The van der Waals surface area contributed by atoms with Gasteiger partial charge in [-0.3, -0.25) is 9.59 Å². The third-order valence-corrected chi connectivity index (χ3v) is 7.14. The minimum Gasteiger partial charge on any atom is -0.346 e. The number of halogens is 2. The summed E-state index contributed by atoms with van der Waals surface area (Å²) in [5, 5.41) is 5.76. The molecule has 24 heavy (non-hydrogen) atoms. The van der Waals surface area contributed by atoms with E-state index in [1.165, 1.54) is 17.8 Å². The zero-order valence-corrected chi connectivity index (χ0v) is 15.7. The van der Waals surface area contributed by atoms with Crippen molar-refractivity contribution in [3.8, 4) is 0 Å². The molecule has 0 spiro atoms. The van der Waals surface area contributed by atoms with Crippen LogP contribution in [-0.2, 0) is 19.4 Å². The molecule has 0 unspecified atom stereocenters. The number of thioether (sulfide) groups is 1. The molecule has 2 N–H and O–H groups in total. The van der Waals surface area contributed by atoms with Crippen molar-refractivity contribution in [2.24, 2.45) is 0 Å². The number of amides is 2. The molecule has 0 aliphatic carbocycles. The first-order chi connectivity index (χ1) is 11.2. The van der Waals surface area contributed by atoms with Crippen molar-refractivity contribution in [1.29, 1.82) is 0 Å². The Kier molecular flexibility index (Phi) is 6.79. The monoisotopic (exact) mass is 410 g/mol. The molecule has 0 radical (unpaired) electrons. The van der Waals surface area contributed by atoms with E-state index in [1.807, 2.05) is 0 Å². The van der Waals surface area contributed by atoms with Gasteiger partial charge in [-0.15, -0.1) is 11.8 Å². The van der Waals surface area contributed by atoms with Crippen LogP contribution in [0.3, 0.4) is 0 Å². The average Bonchev–Trinajstić information content (AvgIpc) is 2.86. The maximum Gasteiger partial charge on any atom is 0.243 e. The highest BCUT2D eigenvalue weighted by molar-refractivity contribution is 8.02. The first kappa shape index (κ1) is 19.4. The van der Waals surface area contributed by atoms with Crippen LogP contribution in [0, 0.1) is 0 Å². The van der Waals surface area contributed by atoms with Crippen LogP contribution in [0.2, 0.25) is 10.0 Å². The van der Waals surface area contributed by atoms with Gasteiger partial charge in [0, 0.05) is 10.3 Å². The minimum atomic E-state index is -2.95. The fourth-order valence-corrected chi connectivity index (χ4v) is 5.91. The summed E-state index contributed by atoms with van der Waals surface area (Å²) >= 11 is 13.1. The molecule has 1 atom stereocenters. The van der Waals surface area contributed by atoms with Crippen molar-refractivity contribution in [3.63, 3.8) is 0 Å². The number of benzene rings is 1. The van der Waals surface area contributed by atoms with E-state index in [2.05, 4.69) is 10.6 Å². The van der Waals surface area contributed by atoms with Crippen molar-refractivity contribution < 1.29 is 18.0 Å². The maximum atomic E-state index is 11.8. The summed E-state index contributed by atoms with van der Waals surface area (Å²) in [5.74, 6) is -0.350. The zero-order chi connectivity index (χ0) is 17.7. The Hall–Kier alpha value is -0.960. The maximum absolute atomic E-state index is 11.8. The molecule has 1 aliphatic rings. The quantitative estimate of drug-likeness (QED) is 0.747. The SMILES string of the molecule is O=C(CS[C@H]1CCS(=O)(=O)C1)NCC(=O)Nc1cc(Cl)ccc1Cl. The predicted octanol–water partition coefficient (Wildman–Crippen LogP) is 1.97. The molecule has 1 aromatic carbocycles. The molecular weight excluding hydrogens is 395 g/mol. The molecule has 1 heterocycles. The van der Waals surface area contributed by atoms with E-state index >= 15 is 0 Å². The number of sulfone groups is 1. The molecule has 6 nitrogen and oxygen atoms in total. The lowest BCUT2D eigenvalue weighted by Crippen LogP contribution is -2.34. The molecule has 1 fully saturated rings. The van der Waals surface area contributed by atoms with Gasteiger partial charge >= 0.3 is 0 Å². The second kappa shape index (κ2) is 8.42. The summed E-state index contributed by atoms with van der Waals surface area (Å²) in [6.45, 7) is -0.203. The summed E-state index contributed by atoms with van der Waals surface area (Å²) in [6, 6.07) is 4.67. The highest BCUT2D eigenvalue weighted by Gasteiger charge is 2.28. The number of hydrogen-bond donors (Lipinski definition) is 2. The topological polar surface area (TPSA) is 92.3 Å². The minimum absolute atomic E-state index is 0.0557. The Morgan fingerprint density at radius 3 is 2.67 bits per heavy atom. The lowest BCUT2D eigenvalue weighted by molar-refractivity contribution is -0.122. The third kappa shape index (κ3) is 6.16. The normalized spacial score (nSPS) is 19.0. The molecule has 0 saturated carbocycles. The Morgan fingerprint density at radius 1 is 1.25 bits per heavy atom. The van der Waals surface area contributed by atoms with Gasteiger partial charge in [0.15, 0.2) is 9.84 Å². The number of carbonyl (C=O) groups excluding carboxylic acids is 2. The van der Waals surface area contributed by atoms with Crippen molar-refractivity contribution in [2.45, 2.75) is 11.7 Å². The largest absolute Gasteiger partial charge is 0.346 e. The Morgan fingerprint density at radius 2 is 2.00 bits per heavy atom. The predicted molar refractivity (Wildman–Crippen MR) is 97.6 cm³/mol. The first-order valence-corrected chi connectivity index (χ1v) is 10.7. The van der Waals surface area contributed by atoms with Gasteiger partial charge in [0.05, 0.1) is 34.5 Å². The van der Waals surface area contributed by atoms with Gasteiger partial charge < -0.3 is 10.6 Å². The van der Waals surface area contributed by atoms with Crippen LogP contribution in [0.25, 0.3) is 0 Å². The molecular formula is C14H16Cl2N2O4S2. The van der Waals surface area contributed by atoms with Gasteiger partial charge in [0.1, 0.15) is 0 Å². The summed E-state index contributed by atoms with van der Waals surface area (Å²) in [4.78, 5) is 23.5. The zero-order valence-electron chi connectivity index (χ0n) is 12.6. The second-order valence-electron chi connectivity index (χ2n) is 5.29. The number of nitrogens with one attached hydrogen (secondary N) is 2. The van der Waals surface area contributed by atoms with E-state index in [-0.39, 0.29) is 35.0 Å². The molecule has 2 rings (SSSR count). The number of anilines is 1. The molecule has 2 amide bonds. The van der Waals surface area contributed by atoms with Gasteiger partial charge in [-0.25, -0.2) is 8.42 Å². The van der Waals surface area contributed by atoms with Crippen LogP contribution < -0.4 is 10.6 Å². The Labute approximate surface area is 154 Å². The van der Waals surface area contributed by atoms with E-state index < -0.39 is 15.7 Å². The van der Waals surface area contributed by atoms with Crippen LogP contribution in [-0.4, -0.2) is 49.3 Å². The first-order valence-electron chi connectivity index (χ1n) is 7.09. The van der Waals surface area contributed by atoms with Crippen LogP contribution in [0.5, 0.6) is 0 Å². The Balaban J connectivity index is 1.71. The van der Waals surface area contributed by atoms with Crippen molar-refractivity contribution >= 4 is 62.3 Å². The smallest absolute Gasteiger partial charge is 0.243 e. The van der Waals surface area contributed by atoms with Gasteiger partial charge in [-0.1, -0.05) is 23.2 Å². The number of carbonyl (C=O) groups is 2. The lowest BCUT2D eigenvalue weighted by atomic mass is 10.3. The number of hydrogen-bond acceptors (Lipinski definition) is 5. The van der Waals surface area contributed by atoms with Crippen LogP contribution in [0.1, 0.15) is 6.42 Å². The fourth-order valence-electron chi connectivity index (χ4n) is 2.10. The molecule has 1 saturated heterocycles. The van der Waals surface area contributed by atoms with Crippen molar-refractivity contribution in [2.75, 3.05) is 29.1 Å². The van der Waals surface area contributed by atoms with E-state index in [9.17, 15) is 18.0 Å². The summed E-state index contributed by atoms with van der Waals surface area (Å²) < 4.78 is 22.7. The molecule has 0 bridgehead atoms. The van der Waals surface area contributed by atoms with E-state index in [0.29, 0.717) is 22.2 Å². The van der Waals surface area contributed by atoms with Crippen molar-refractivity contribution in [3.05, 3.63) is 28.2 Å². The summed E-state index contributed by atoms with van der Waals surface area (Å²) in [7, 11) is -2.95. The molecule has 132 valence electrons. The summed E-state index contributed by atoms with van der Waals surface area (Å²) in [6.07, 6.45) is 0.564. The second-order valence-corrected chi connectivity index (χ2v) is 9.65. The van der Waals surface area contributed by atoms with Crippen LogP contribution in [0.15, 0.2) is 18.2 Å². The van der Waals surface area contributed by atoms with E-state index in [1.54, 1.807) is 12.1 Å². The van der Waals surface area contributed by atoms with Crippen molar-refractivity contribution in [1.82, 2.24) is 5.32 Å². The van der Waals surface area contributed by atoms with Crippen LogP contribution in [0.4, 0.5) is 5.69 Å². The molecule has 1 aliphatic heterocycles. The average molecular weight is 411 g/mol. The van der Waals surface area contributed by atoms with Gasteiger partial charge in [0.2, 0.25) is 11.8 Å². The highest BCUT2D eigenvalue weighted by Crippen LogP contribution is 2.25. The lowest BCUT2D eigenvalue weighted by Gasteiger charge is -2.10. The van der Waals surface area contributed by atoms with E-state index in [0.717, 1.165) is 0 Å². The highest BCUT2D eigenvalue weighted by atomic mass is 35.5. The van der Waals surface area contributed by atoms with Gasteiger partial charge in [-0.05, 0) is 24.6 Å². The molecule has 10 heteroatoms. The number of rotatable bonds is 6. The van der Waals surface area contributed by atoms with Crippen LogP contribution >= 0.6 is 35.0 Å². The van der Waals surface area contributed by atoms with Gasteiger partial charge in [0.25, 0.3) is 0 Å². The molecule has 0 aromatic heterocycles. The fraction of sp³-hybridized carbons (Fsp3) is 0.429. The van der Waals surface area contributed by atoms with E-state index in [4.69, 9.17) is 23.2 Å². The molecule has 1 aromatic rings. The Bertz CT molecular complexity index is 740.